The first-order valence-electron chi connectivity index (χ1n) is 6.91. The third-order valence-corrected chi connectivity index (χ3v) is 4.83. The summed E-state index contributed by atoms with van der Waals surface area (Å²) in [5.41, 5.74) is 1.99. The highest BCUT2D eigenvalue weighted by Gasteiger charge is 2.27. The van der Waals surface area contributed by atoms with Gasteiger partial charge in [-0.25, -0.2) is 0 Å². The number of amides is 1. The van der Waals surface area contributed by atoms with Crippen molar-refractivity contribution in [2.24, 2.45) is 0 Å². The van der Waals surface area contributed by atoms with E-state index in [1.165, 1.54) is 10.4 Å². The molecule has 2 heterocycles. The number of aliphatic hydroxyl groups excluding tert-OH is 1. The standard InChI is InChI=1S/C15H18N2O2S/c1-10(18)9-16-14(19)13-11-5-4-6-12(11)20-15(13)17-7-2-3-8-17/h2-3,7-8,10,18H,4-6,9H2,1H3,(H,16,19). The van der Waals surface area contributed by atoms with E-state index in [4.69, 9.17) is 0 Å². The van der Waals surface area contributed by atoms with Crippen LogP contribution in [-0.4, -0.2) is 28.2 Å². The Labute approximate surface area is 122 Å². The number of aryl methyl sites for hydroxylation is 1. The van der Waals surface area contributed by atoms with E-state index in [-0.39, 0.29) is 12.5 Å². The first kappa shape index (κ1) is 13.4. The topological polar surface area (TPSA) is 54.3 Å². The number of fused-ring (bicyclic) bond motifs is 1. The molecule has 3 rings (SSSR count). The molecule has 0 aliphatic heterocycles. The number of aliphatic hydroxyl groups is 1. The Morgan fingerprint density at radius 1 is 1.45 bits per heavy atom. The first-order chi connectivity index (χ1) is 9.66. The van der Waals surface area contributed by atoms with Gasteiger partial charge in [-0.05, 0) is 43.9 Å². The van der Waals surface area contributed by atoms with Crippen molar-refractivity contribution < 1.29 is 9.90 Å². The molecular formula is C15H18N2O2S. The zero-order chi connectivity index (χ0) is 14.1. The minimum atomic E-state index is -0.527. The Morgan fingerprint density at radius 2 is 2.20 bits per heavy atom. The van der Waals surface area contributed by atoms with Gasteiger partial charge in [-0.15, -0.1) is 11.3 Å². The molecule has 20 heavy (non-hydrogen) atoms. The number of nitrogens with one attached hydrogen (secondary N) is 1. The summed E-state index contributed by atoms with van der Waals surface area (Å²) in [6, 6.07) is 3.92. The molecule has 2 aromatic heterocycles. The van der Waals surface area contributed by atoms with Crippen LogP contribution in [0.1, 0.15) is 34.1 Å². The summed E-state index contributed by atoms with van der Waals surface area (Å²) in [7, 11) is 0. The molecule has 106 valence electrons. The number of rotatable bonds is 4. The van der Waals surface area contributed by atoms with Crippen molar-refractivity contribution in [2.45, 2.75) is 32.3 Å². The van der Waals surface area contributed by atoms with E-state index in [2.05, 4.69) is 5.32 Å². The molecule has 2 N–H and O–H groups in total. The second-order valence-corrected chi connectivity index (χ2v) is 6.27. The maximum Gasteiger partial charge on any atom is 0.254 e. The molecule has 1 amide bonds. The summed E-state index contributed by atoms with van der Waals surface area (Å²) in [5.74, 6) is -0.0750. The van der Waals surface area contributed by atoms with Gasteiger partial charge >= 0.3 is 0 Å². The van der Waals surface area contributed by atoms with Gasteiger partial charge in [0, 0.05) is 23.8 Å². The van der Waals surface area contributed by atoms with E-state index in [0.717, 1.165) is 29.8 Å². The minimum Gasteiger partial charge on any atom is -0.392 e. The van der Waals surface area contributed by atoms with Gasteiger partial charge in [0.2, 0.25) is 0 Å². The SMILES string of the molecule is CC(O)CNC(=O)c1c(-n2cccc2)sc2c1CCC2. The number of carbonyl (C=O) groups excluding carboxylic acids is 1. The van der Waals surface area contributed by atoms with Crippen LogP contribution >= 0.6 is 11.3 Å². The van der Waals surface area contributed by atoms with Crippen molar-refractivity contribution >= 4 is 17.2 Å². The maximum atomic E-state index is 12.5. The van der Waals surface area contributed by atoms with Crippen LogP contribution in [0.25, 0.3) is 5.00 Å². The van der Waals surface area contributed by atoms with Crippen molar-refractivity contribution in [1.29, 1.82) is 0 Å². The predicted octanol–water partition coefficient (Wildman–Crippen LogP) is 2.14. The molecular weight excluding hydrogens is 272 g/mol. The summed E-state index contributed by atoms with van der Waals surface area (Å²) in [4.78, 5) is 13.8. The molecule has 4 nitrogen and oxygen atoms in total. The van der Waals surface area contributed by atoms with Crippen LogP contribution in [0, 0.1) is 0 Å². The summed E-state index contributed by atoms with van der Waals surface area (Å²) in [5, 5.41) is 13.1. The van der Waals surface area contributed by atoms with E-state index >= 15 is 0 Å². The van der Waals surface area contributed by atoms with Crippen LogP contribution in [-0.2, 0) is 12.8 Å². The van der Waals surface area contributed by atoms with Gasteiger partial charge in [-0.1, -0.05) is 0 Å². The Hall–Kier alpha value is -1.59. The van der Waals surface area contributed by atoms with E-state index in [1.54, 1.807) is 18.3 Å². The lowest BCUT2D eigenvalue weighted by molar-refractivity contribution is 0.0923. The monoisotopic (exact) mass is 290 g/mol. The second kappa shape index (κ2) is 5.42. The van der Waals surface area contributed by atoms with Crippen molar-refractivity contribution in [2.75, 3.05) is 6.54 Å². The molecule has 0 fully saturated rings. The fourth-order valence-corrected chi connectivity index (χ4v) is 3.96. The highest BCUT2D eigenvalue weighted by atomic mass is 32.1. The Bertz CT molecular complexity index is 614. The molecule has 0 radical (unpaired) electrons. The lowest BCUT2D eigenvalue weighted by Gasteiger charge is -2.10. The largest absolute Gasteiger partial charge is 0.392 e. The summed E-state index contributed by atoms with van der Waals surface area (Å²) in [6.07, 6.45) is 6.58. The van der Waals surface area contributed by atoms with Crippen LogP contribution in [0.3, 0.4) is 0 Å². The van der Waals surface area contributed by atoms with Gasteiger partial charge in [0.05, 0.1) is 11.7 Å². The van der Waals surface area contributed by atoms with Gasteiger partial charge in [-0.3, -0.25) is 4.79 Å². The number of hydrogen-bond acceptors (Lipinski definition) is 3. The highest BCUT2D eigenvalue weighted by molar-refractivity contribution is 7.15. The summed E-state index contributed by atoms with van der Waals surface area (Å²) >= 11 is 1.71. The number of aromatic nitrogens is 1. The fraction of sp³-hybridized carbons (Fsp3) is 0.400. The van der Waals surface area contributed by atoms with Crippen molar-refractivity contribution in [3.63, 3.8) is 0 Å². The van der Waals surface area contributed by atoms with Crippen LogP contribution in [0.4, 0.5) is 0 Å². The molecule has 1 aliphatic carbocycles. The summed E-state index contributed by atoms with van der Waals surface area (Å²) < 4.78 is 2.00. The molecule has 0 saturated carbocycles. The first-order valence-corrected chi connectivity index (χ1v) is 7.72. The van der Waals surface area contributed by atoms with Crippen LogP contribution in [0.5, 0.6) is 0 Å². The fourth-order valence-electron chi connectivity index (χ4n) is 2.60. The Morgan fingerprint density at radius 3 is 2.90 bits per heavy atom. The zero-order valence-electron chi connectivity index (χ0n) is 11.4. The third kappa shape index (κ3) is 2.39. The number of nitrogens with zero attached hydrogens (tertiary/aromatic N) is 1. The van der Waals surface area contributed by atoms with E-state index in [1.807, 2.05) is 29.1 Å². The van der Waals surface area contributed by atoms with Gasteiger partial charge in [0.25, 0.3) is 5.91 Å². The smallest absolute Gasteiger partial charge is 0.254 e. The van der Waals surface area contributed by atoms with Gasteiger partial charge < -0.3 is 15.0 Å². The maximum absolute atomic E-state index is 12.5. The van der Waals surface area contributed by atoms with Gasteiger partial charge in [-0.2, -0.15) is 0 Å². The molecule has 2 aromatic rings. The van der Waals surface area contributed by atoms with E-state index < -0.39 is 6.10 Å². The Kier molecular flexibility index (Phi) is 3.63. The van der Waals surface area contributed by atoms with Crippen molar-refractivity contribution in [3.05, 3.63) is 40.5 Å². The number of thiophene rings is 1. The average molecular weight is 290 g/mol. The normalized spacial score (nSPS) is 15.1. The van der Waals surface area contributed by atoms with E-state index in [9.17, 15) is 9.90 Å². The number of carbonyl (C=O) groups is 1. The van der Waals surface area contributed by atoms with Gasteiger partial charge in [0.15, 0.2) is 0 Å². The van der Waals surface area contributed by atoms with Crippen LogP contribution in [0.2, 0.25) is 0 Å². The van der Waals surface area contributed by atoms with E-state index in [0.29, 0.717) is 0 Å². The minimum absolute atomic E-state index is 0.0750. The molecule has 1 unspecified atom stereocenters. The van der Waals surface area contributed by atoms with Gasteiger partial charge in [0.1, 0.15) is 5.00 Å². The molecule has 0 spiro atoms. The molecule has 0 bridgehead atoms. The third-order valence-electron chi connectivity index (χ3n) is 3.53. The molecule has 1 aliphatic rings. The zero-order valence-corrected chi connectivity index (χ0v) is 12.2. The summed E-state index contributed by atoms with van der Waals surface area (Å²) in [6.45, 7) is 1.96. The van der Waals surface area contributed by atoms with Crippen molar-refractivity contribution in [3.8, 4) is 5.00 Å². The van der Waals surface area contributed by atoms with Crippen LogP contribution < -0.4 is 5.32 Å². The molecule has 5 heteroatoms. The highest BCUT2D eigenvalue weighted by Crippen LogP contribution is 2.37. The van der Waals surface area contributed by atoms with Crippen molar-refractivity contribution in [1.82, 2.24) is 9.88 Å². The Balaban J connectivity index is 1.97. The molecule has 1 atom stereocenters. The average Bonchev–Trinajstić information content (AvgIpc) is 3.10. The quantitative estimate of drug-likeness (QED) is 0.906. The lowest BCUT2D eigenvalue weighted by Crippen LogP contribution is -2.31. The predicted molar refractivity (Wildman–Crippen MR) is 79.7 cm³/mol. The number of hydrogen-bond donors (Lipinski definition) is 2. The molecule has 0 saturated heterocycles. The molecule has 0 aromatic carbocycles. The van der Waals surface area contributed by atoms with Crippen LogP contribution in [0.15, 0.2) is 24.5 Å². The second-order valence-electron chi connectivity index (χ2n) is 5.19. The lowest BCUT2D eigenvalue weighted by atomic mass is 10.1.